The zero-order valence-corrected chi connectivity index (χ0v) is 17.1. The van der Waals surface area contributed by atoms with Crippen molar-refractivity contribution >= 4 is 16.8 Å². The first kappa shape index (κ1) is 19.9. The lowest BCUT2D eigenvalue weighted by atomic mass is 9.91. The standard InChI is InChI=1S/C24H26O4/c1-15-18-11-12-20(27-14-21(25)24(3,4)5)16(2)22(18)28-23(26)19(15)13-17-9-7-6-8-10-17/h6-12H,13-14H2,1-5H3. The van der Waals surface area contributed by atoms with Gasteiger partial charge in [0, 0.05) is 28.3 Å². The second-order valence-electron chi connectivity index (χ2n) is 8.18. The summed E-state index contributed by atoms with van der Waals surface area (Å²) in [5.41, 5.74) is 3.09. The van der Waals surface area contributed by atoms with Crippen molar-refractivity contribution in [3.05, 3.63) is 75.1 Å². The maximum Gasteiger partial charge on any atom is 0.340 e. The second-order valence-corrected chi connectivity index (χ2v) is 8.18. The predicted molar refractivity (Wildman–Crippen MR) is 111 cm³/mol. The van der Waals surface area contributed by atoms with Gasteiger partial charge in [0.2, 0.25) is 0 Å². The van der Waals surface area contributed by atoms with Crippen LogP contribution >= 0.6 is 0 Å². The molecular weight excluding hydrogens is 352 g/mol. The quantitative estimate of drug-likeness (QED) is 0.587. The molecule has 0 saturated carbocycles. The Bertz CT molecular complexity index is 1070. The van der Waals surface area contributed by atoms with Gasteiger partial charge >= 0.3 is 5.63 Å². The summed E-state index contributed by atoms with van der Waals surface area (Å²) in [6.45, 7) is 9.37. The number of aryl methyl sites for hydroxylation is 2. The molecule has 1 aromatic heterocycles. The van der Waals surface area contributed by atoms with Crippen molar-refractivity contribution in [2.75, 3.05) is 6.61 Å². The summed E-state index contributed by atoms with van der Waals surface area (Å²) in [5.74, 6) is 0.575. The molecule has 3 rings (SSSR count). The summed E-state index contributed by atoms with van der Waals surface area (Å²) in [6.07, 6.45) is 0.530. The van der Waals surface area contributed by atoms with E-state index in [-0.39, 0.29) is 18.0 Å². The van der Waals surface area contributed by atoms with E-state index in [0.717, 1.165) is 22.1 Å². The smallest absolute Gasteiger partial charge is 0.340 e. The Hall–Kier alpha value is -2.88. The van der Waals surface area contributed by atoms with Gasteiger partial charge in [-0.25, -0.2) is 4.79 Å². The Morgan fingerprint density at radius 1 is 1.00 bits per heavy atom. The molecule has 0 unspecified atom stereocenters. The first-order valence-corrected chi connectivity index (χ1v) is 9.44. The molecule has 3 aromatic rings. The summed E-state index contributed by atoms with van der Waals surface area (Å²) in [5, 5.41) is 0.887. The third kappa shape index (κ3) is 4.01. The lowest BCUT2D eigenvalue weighted by molar-refractivity contribution is -0.128. The van der Waals surface area contributed by atoms with Crippen LogP contribution < -0.4 is 10.4 Å². The maximum atomic E-state index is 12.7. The number of ether oxygens (including phenoxy) is 1. The second kappa shape index (κ2) is 7.63. The van der Waals surface area contributed by atoms with E-state index < -0.39 is 5.41 Å². The van der Waals surface area contributed by atoms with Crippen LogP contribution in [0.15, 0.2) is 51.7 Å². The molecule has 2 aromatic carbocycles. The largest absolute Gasteiger partial charge is 0.485 e. The van der Waals surface area contributed by atoms with Crippen molar-refractivity contribution in [1.29, 1.82) is 0 Å². The van der Waals surface area contributed by atoms with Gasteiger partial charge in [-0.05, 0) is 37.1 Å². The fraction of sp³-hybridized carbons (Fsp3) is 0.333. The van der Waals surface area contributed by atoms with E-state index in [1.165, 1.54) is 0 Å². The van der Waals surface area contributed by atoms with Crippen LogP contribution in [0.2, 0.25) is 0 Å². The predicted octanol–water partition coefficient (Wildman–Crippen LogP) is 4.99. The van der Waals surface area contributed by atoms with Crippen LogP contribution in [0.5, 0.6) is 5.75 Å². The normalized spacial score (nSPS) is 11.6. The van der Waals surface area contributed by atoms with Crippen LogP contribution in [0.25, 0.3) is 11.0 Å². The molecule has 28 heavy (non-hydrogen) atoms. The minimum absolute atomic E-state index is 0.00878. The molecule has 146 valence electrons. The number of carbonyl (C=O) groups excluding carboxylic acids is 1. The number of ketones is 1. The Morgan fingerprint density at radius 2 is 1.68 bits per heavy atom. The zero-order chi connectivity index (χ0) is 20.5. The highest BCUT2D eigenvalue weighted by molar-refractivity contribution is 5.87. The molecular formula is C24H26O4. The van der Waals surface area contributed by atoms with Crippen molar-refractivity contribution in [2.45, 2.75) is 41.0 Å². The van der Waals surface area contributed by atoms with Crippen molar-refractivity contribution in [1.82, 2.24) is 0 Å². The van der Waals surface area contributed by atoms with Crippen molar-refractivity contribution in [2.24, 2.45) is 5.41 Å². The molecule has 0 N–H and O–H groups in total. The molecule has 0 bridgehead atoms. The average Bonchev–Trinajstić information content (AvgIpc) is 2.65. The number of benzene rings is 2. The van der Waals surface area contributed by atoms with Crippen LogP contribution in [0.4, 0.5) is 0 Å². The van der Waals surface area contributed by atoms with E-state index in [4.69, 9.17) is 9.15 Å². The molecule has 0 atom stereocenters. The van der Waals surface area contributed by atoms with Gasteiger partial charge in [-0.3, -0.25) is 4.79 Å². The maximum absolute atomic E-state index is 12.7. The van der Waals surface area contributed by atoms with E-state index >= 15 is 0 Å². The molecule has 4 nitrogen and oxygen atoms in total. The van der Waals surface area contributed by atoms with Crippen molar-refractivity contribution < 1.29 is 13.9 Å². The van der Waals surface area contributed by atoms with E-state index in [0.29, 0.717) is 23.3 Å². The number of fused-ring (bicyclic) bond motifs is 1. The van der Waals surface area contributed by atoms with Crippen LogP contribution in [-0.2, 0) is 11.2 Å². The average molecular weight is 378 g/mol. The number of hydrogen-bond donors (Lipinski definition) is 0. The molecule has 0 radical (unpaired) electrons. The summed E-state index contributed by atoms with van der Waals surface area (Å²) in [6, 6.07) is 13.6. The third-order valence-corrected chi connectivity index (χ3v) is 5.07. The molecule has 0 aliphatic rings. The number of rotatable bonds is 5. The van der Waals surface area contributed by atoms with Gasteiger partial charge in [-0.1, -0.05) is 51.1 Å². The highest BCUT2D eigenvalue weighted by atomic mass is 16.5. The van der Waals surface area contributed by atoms with E-state index in [1.54, 1.807) is 0 Å². The SMILES string of the molecule is Cc1c(Cc2ccccc2)c(=O)oc2c(C)c(OCC(=O)C(C)(C)C)ccc12. The summed E-state index contributed by atoms with van der Waals surface area (Å²) >= 11 is 0. The molecule has 0 fully saturated rings. The van der Waals surface area contributed by atoms with Gasteiger partial charge in [0.25, 0.3) is 0 Å². The molecule has 0 saturated heterocycles. The van der Waals surface area contributed by atoms with Gasteiger partial charge in [-0.15, -0.1) is 0 Å². The van der Waals surface area contributed by atoms with Gasteiger partial charge < -0.3 is 9.15 Å². The van der Waals surface area contributed by atoms with Gasteiger partial charge in [0.05, 0.1) is 0 Å². The highest BCUT2D eigenvalue weighted by Crippen LogP contribution is 2.30. The minimum Gasteiger partial charge on any atom is -0.485 e. The van der Waals surface area contributed by atoms with Crippen LogP contribution in [0.3, 0.4) is 0 Å². The molecule has 0 spiro atoms. The molecule has 4 heteroatoms. The fourth-order valence-electron chi connectivity index (χ4n) is 3.09. The summed E-state index contributed by atoms with van der Waals surface area (Å²) < 4.78 is 11.4. The Morgan fingerprint density at radius 3 is 2.32 bits per heavy atom. The van der Waals surface area contributed by atoms with Gasteiger partial charge in [-0.2, -0.15) is 0 Å². The van der Waals surface area contributed by atoms with Crippen LogP contribution in [-0.4, -0.2) is 12.4 Å². The van der Waals surface area contributed by atoms with E-state index in [1.807, 2.05) is 77.1 Å². The number of Topliss-reactive ketones (excluding diaryl/α,β-unsaturated/α-hetero) is 1. The third-order valence-electron chi connectivity index (χ3n) is 5.07. The Balaban J connectivity index is 1.97. The Labute approximate surface area is 165 Å². The summed E-state index contributed by atoms with van der Waals surface area (Å²) in [4.78, 5) is 24.8. The van der Waals surface area contributed by atoms with Gasteiger partial charge in [0.15, 0.2) is 5.78 Å². The Kier molecular flexibility index (Phi) is 5.41. The van der Waals surface area contributed by atoms with Crippen LogP contribution in [0.1, 0.15) is 43.0 Å². The van der Waals surface area contributed by atoms with Crippen LogP contribution in [0, 0.1) is 19.3 Å². The summed E-state index contributed by atoms with van der Waals surface area (Å²) in [7, 11) is 0. The van der Waals surface area contributed by atoms with Crippen molar-refractivity contribution in [3.63, 3.8) is 0 Å². The minimum atomic E-state index is -0.458. The molecule has 0 aliphatic heterocycles. The monoisotopic (exact) mass is 378 g/mol. The number of hydrogen-bond acceptors (Lipinski definition) is 4. The number of carbonyl (C=O) groups is 1. The van der Waals surface area contributed by atoms with E-state index in [2.05, 4.69) is 0 Å². The van der Waals surface area contributed by atoms with Gasteiger partial charge in [0.1, 0.15) is 17.9 Å². The van der Waals surface area contributed by atoms with E-state index in [9.17, 15) is 9.59 Å². The zero-order valence-electron chi connectivity index (χ0n) is 17.1. The van der Waals surface area contributed by atoms with Crippen molar-refractivity contribution in [3.8, 4) is 5.75 Å². The molecule has 0 amide bonds. The molecule has 0 aliphatic carbocycles. The highest BCUT2D eigenvalue weighted by Gasteiger charge is 2.22. The topological polar surface area (TPSA) is 56.5 Å². The lowest BCUT2D eigenvalue weighted by Crippen LogP contribution is -2.26. The molecule has 1 heterocycles. The first-order valence-electron chi connectivity index (χ1n) is 9.44. The first-order chi connectivity index (χ1) is 13.2. The fourth-order valence-corrected chi connectivity index (χ4v) is 3.09. The lowest BCUT2D eigenvalue weighted by Gasteiger charge is -2.18.